The molecule has 86 valence electrons. The van der Waals surface area contributed by atoms with Gasteiger partial charge in [-0.1, -0.05) is 24.3 Å². The first kappa shape index (κ1) is 11.1. The molecule has 1 aliphatic rings. The van der Waals surface area contributed by atoms with E-state index in [1.807, 2.05) is 24.3 Å². The Kier molecular flexibility index (Phi) is 3.25. The van der Waals surface area contributed by atoms with Gasteiger partial charge in [0.25, 0.3) is 0 Å². The van der Waals surface area contributed by atoms with Crippen LogP contribution in [-0.2, 0) is 16.0 Å². The lowest BCUT2D eigenvalue weighted by Gasteiger charge is -2.14. The lowest BCUT2D eigenvalue weighted by atomic mass is 9.96. The Morgan fingerprint density at radius 2 is 2.25 bits per heavy atom. The number of aliphatic hydroxyl groups excluding tert-OH is 1. The predicted molar refractivity (Wildman–Crippen MR) is 60.1 cm³/mol. The van der Waals surface area contributed by atoms with E-state index in [2.05, 4.69) is 0 Å². The van der Waals surface area contributed by atoms with Crippen LogP contribution in [0.5, 0.6) is 0 Å². The highest BCUT2D eigenvalue weighted by Gasteiger charge is 2.32. The van der Waals surface area contributed by atoms with Crippen molar-refractivity contribution in [2.45, 2.75) is 31.8 Å². The summed E-state index contributed by atoms with van der Waals surface area (Å²) in [6.07, 6.45) is 0.452. The lowest BCUT2D eigenvalue weighted by molar-refractivity contribution is -0.144. The number of aliphatic hydroxyl groups is 1. The monoisotopic (exact) mass is 220 g/mol. The maximum absolute atomic E-state index is 11.4. The second kappa shape index (κ2) is 4.66. The molecule has 0 fully saturated rings. The number of carbonyl (C=O) groups is 1. The molecule has 0 saturated carbocycles. The van der Waals surface area contributed by atoms with Crippen molar-refractivity contribution in [3.63, 3.8) is 0 Å². The molecule has 3 nitrogen and oxygen atoms in total. The van der Waals surface area contributed by atoms with Gasteiger partial charge in [0, 0.05) is 5.92 Å². The van der Waals surface area contributed by atoms with E-state index in [-0.39, 0.29) is 18.3 Å². The predicted octanol–water partition coefficient (Wildman–Crippen LogP) is 1.64. The quantitative estimate of drug-likeness (QED) is 0.788. The molecular formula is C13H16O3. The van der Waals surface area contributed by atoms with E-state index in [0.29, 0.717) is 13.0 Å². The molecule has 0 spiro atoms. The number of rotatable bonds is 3. The van der Waals surface area contributed by atoms with Gasteiger partial charge in [-0.15, -0.1) is 0 Å². The minimum atomic E-state index is -0.457. The first-order valence-corrected chi connectivity index (χ1v) is 5.64. The molecule has 0 unspecified atom stereocenters. The SMILES string of the molecule is CCOC(=O)C[C@@H]1c2ccccc2C[C@H]1O. The van der Waals surface area contributed by atoms with Crippen molar-refractivity contribution in [2.75, 3.05) is 6.61 Å². The summed E-state index contributed by atoms with van der Waals surface area (Å²) in [7, 11) is 0. The van der Waals surface area contributed by atoms with Gasteiger partial charge in [0.1, 0.15) is 0 Å². The molecule has 3 heteroatoms. The second-order valence-corrected chi connectivity index (χ2v) is 4.09. The Labute approximate surface area is 95.0 Å². The molecule has 0 aliphatic heterocycles. The lowest BCUT2D eigenvalue weighted by Crippen LogP contribution is -2.18. The van der Waals surface area contributed by atoms with Crippen LogP contribution in [0.1, 0.15) is 30.4 Å². The second-order valence-electron chi connectivity index (χ2n) is 4.09. The number of esters is 1. The molecule has 16 heavy (non-hydrogen) atoms. The molecule has 1 aliphatic carbocycles. The number of fused-ring (bicyclic) bond motifs is 1. The zero-order chi connectivity index (χ0) is 11.5. The molecule has 0 aromatic heterocycles. The van der Waals surface area contributed by atoms with E-state index < -0.39 is 6.10 Å². The molecule has 1 aromatic rings. The topological polar surface area (TPSA) is 46.5 Å². The molecule has 0 heterocycles. The van der Waals surface area contributed by atoms with Crippen LogP contribution in [-0.4, -0.2) is 23.8 Å². The fourth-order valence-electron chi connectivity index (χ4n) is 2.30. The molecule has 0 amide bonds. The first-order chi connectivity index (χ1) is 7.72. The summed E-state index contributed by atoms with van der Waals surface area (Å²) in [5.74, 6) is -0.335. The summed E-state index contributed by atoms with van der Waals surface area (Å²) < 4.78 is 4.92. The number of ether oxygens (including phenoxy) is 1. The van der Waals surface area contributed by atoms with Crippen LogP contribution in [0.15, 0.2) is 24.3 Å². The minimum Gasteiger partial charge on any atom is -0.466 e. The number of carbonyl (C=O) groups excluding carboxylic acids is 1. The minimum absolute atomic E-state index is 0.102. The van der Waals surface area contributed by atoms with Gasteiger partial charge < -0.3 is 9.84 Å². The Hall–Kier alpha value is -1.35. The normalized spacial score (nSPS) is 22.9. The molecule has 2 atom stereocenters. The fraction of sp³-hybridized carbons (Fsp3) is 0.462. The van der Waals surface area contributed by atoms with Crippen LogP contribution >= 0.6 is 0 Å². The van der Waals surface area contributed by atoms with Crippen molar-refractivity contribution in [2.24, 2.45) is 0 Å². The summed E-state index contributed by atoms with van der Waals surface area (Å²) >= 11 is 0. The molecular weight excluding hydrogens is 204 g/mol. The van der Waals surface area contributed by atoms with Crippen LogP contribution in [0.4, 0.5) is 0 Å². The van der Waals surface area contributed by atoms with E-state index in [9.17, 15) is 9.90 Å². The van der Waals surface area contributed by atoms with Crippen LogP contribution in [0.2, 0.25) is 0 Å². The van der Waals surface area contributed by atoms with Gasteiger partial charge >= 0.3 is 5.97 Å². The van der Waals surface area contributed by atoms with Gasteiger partial charge in [-0.2, -0.15) is 0 Å². The first-order valence-electron chi connectivity index (χ1n) is 5.64. The van der Waals surface area contributed by atoms with Gasteiger partial charge in [0.05, 0.1) is 19.1 Å². The van der Waals surface area contributed by atoms with Crippen molar-refractivity contribution >= 4 is 5.97 Å². The summed E-state index contributed by atoms with van der Waals surface area (Å²) in [4.78, 5) is 11.4. The van der Waals surface area contributed by atoms with Crippen molar-refractivity contribution in [3.8, 4) is 0 Å². The van der Waals surface area contributed by atoms with Crippen molar-refractivity contribution < 1.29 is 14.6 Å². The molecule has 1 N–H and O–H groups in total. The maximum atomic E-state index is 11.4. The smallest absolute Gasteiger partial charge is 0.306 e. The van der Waals surface area contributed by atoms with Gasteiger partial charge in [0.15, 0.2) is 0 Å². The third kappa shape index (κ3) is 2.09. The van der Waals surface area contributed by atoms with Crippen LogP contribution in [0.25, 0.3) is 0 Å². The van der Waals surface area contributed by atoms with E-state index >= 15 is 0 Å². The zero-order valence-corrected chi connectivity index (χ0v) is 9.35. The highest BCUT2D eigenvalue weighted by atomic mass is 16.5. The maximum Gasteiger partial charge on any atom is 0.306 e. The third-order valence-corrected chi connectivity index (χ3v) is 3.04. The number of hydrogen-bond donors (Lipinski definition) is 1. The summed E-state index contributed by atoms with van der Waals surface area (Å²) in [6, 6.07) is 7.88. The van der Waals surface area contributed by atoms with E-state index in [1.165, 1.54) is 0 Å². The van der Waals surface area contributed by atoms with Gasteiger partial charge in [-0.25, -0.2) is 0 Å². The third-order valence-electron chi connectivity index (χ3n) is 3.04. The summed E-state index contributed by atoms with van der Waals surface area (Å²) in [5.41, 5.74) is 2.23. The molecule has 0 saturated heterocycles. The van der Waals surface area contributed by atoms with E-state index in [4.69, 9.17) is 4.74 Å². The van der Waals surface area contributed by atoms with E-state index in [0.717, 1.165) is 11.1 Å². The highest BCUT2D eigenvalue weighted by Crippen LogP contribution is 2.35. The van der Waals surface area contributed by atoms with Crippen LogP contribution in [0.3, 0.4) is 0 Å². The Balaban J connectivity index is 2.13. The Morgan fingerprint density at radius 1 is 1.50 bits per heavy atom. The van der Waals surface area contributed by atoms with Crippen molar-refractivity contribution in [1.29, 1.82) is 0 Å². The Morgan fingerprint density at radius 3 is 3.00 bits per heavy atom. The number of benzene rings is 1. The molecule has 2 rings (SSSR count). The Bertz CT molecular complexity index is 387. The zero-order valence-electron chi connectivity index (χ0n) is 9.35. The molecule has 1 aromatic carbocycles. The largest absolute Gasteiger partial charge is 0.466 e. The van der Waals surface area contributed by atoms with Gasteiger partial charge in [-0.3, -0.25) is 4.79 Å². The molecule has 0 radical (unpaired) electrons. The fourth-order valence-corrected chi connectivity index (χ4v) is 2.30. The molecule has 0 bridgehead atoms. The van der Waals surface area contributed by atoms with Crippen molar-refractivity contribution in [1.82, 2.24) is 0 Å². The average Bonchev–Trinajstić information content (AvgIpc) is 2.56. The van der Waals surface area contributed by atoms with Crippen LogP contribution < -0.4 is 0 Å². The highest BCUT2D eigenvalue weighted by molar-refractivity contribution is 5.71. The summed E-state index contributed by atoms with van der Waals surface area (Å²) in [5, 5.41) is 9.92. The van der Waals surface area contributed by atoms with Crippen LogP contribution in [0, 0.1) is 0 Å². The van der Waals surface area contributed by atoms with Gasteiger partial charge in [-0.05, 0) is 24.5 Å². The van der Waals surface area contributed by atoms with Crippen molar-refractivity contribution in [3.05, 3.63) is 35.4 Å². The summed E-state index contributed by atoms with van der Waals surface area (Å²) in [6.45, 7) is 2.18. The standard InChI is InChI=1S/C13H16O3/c1-2-16-13(15)8-11-10-6-4-3-5-9(10)7-12(11)14/h3-6,11-12,14H,2,7-8H2,1H3/t11-,12-/m1/s1. The number of hydrogen-bond acceptors (Lipinski definition) is 3. The van der Waals surface area contributed by atoms with Gasteiger partial charge in [0.2, 0.25) is 0 Å². The van der Waals surface area contributed by atoms with E-state index in [1.54, 1.807) is 6.92 Å². The average molecular weight is 220 g/mol.